The fourth-order valence-electron chi connectivity index (χ4n) is 1.91. The zero-order valence-electron chi connectivity index (χ0n) is 9.84. The SMILES string of the molecule is NCCc1ccc2sc(-c3cccnc3)nc2c1. The van der Waals surface area contributed by atoms with E-state index >= 15 is 0 Å². The minimum atomic E-state index is 0.672. The largest absolute Gasteiger partial charge is 0.330 e. The van der Waals surface area contributed by atoms with Gasteiger partial charge in [0.1, 0.15) is 5.01 Å². The topological polar surface area (TPSA) is 51.8 Å². The average Bonchev–Trinajstić information content (AvgIpc) is 2.83. The molecular formula is C14H13N3S. The summed E-state index contributed by atoms with van der Waals surface area (Å²) >= 11 is 1.69. The van der Waals surface area contributed by atoms with Gasteiger partial charge in [-0.2, -0.15) is 0 Å². The highest BCUT2D eigenvalue weighted by Gasteiger charge is 2.06. The van der Waals surface area contributed by atoms with E-state index in [1.807, 2.05) is 18.3 Å². The Balaban J connectivity index is 2.06. The van der Waals surface area contributed by atoms with E-state index in [2.05, 4.69) is 28.2 Å². The van der Waals surface area contributed by atoms with Crippen LogP contribution in [0.3, 0.4) is 0 Å². The van der Waals surface area contributed by atoms with E-state index in [4.69, 9.17) is 5.73 Å². The number of hydrogen-bond acceptors (Lipinski definition) is 4. The van der Waals surface area contributed by atoms with E-state index in [9.17, 15) is 0 Å². The zero-order valence-corrected chi connectivity index (χ0v) is 10.7. The maximum Gasteiger partial charge on any atom is 0.126 e. The minimum Gasteiger partial charge on any atom is -0.330 e. The third kappa shape index (κ3) is 2.12. The van der Waals surface area contributed by atoms with Crippen molar-refractivity contribution in [3.05, 3.63) is 48.3 Å². The van der Waals surface area contributed by atoms with Gasteiger partial charge in [-0.15, -0.1) is 11.3 Å². The molecule has 18 heavy (non-hydrogen) atoms. The lowest BCUT2D eigenvalue weighted by atomic mass is 10.1. The molecule has 0 radical (unpaired) electrons. The summed E-state index contributed by atoms with van der Waals surface area (Å²) in [5, 5.41) is 1.02. The van der Waals surface area contributed by atoms with Crippen LogP contribution in [0.1, 0.15) is 5.56 Å². The average molecular weight is 255 g/mol. The monoisotopic (exact) mass is 255 g/mol. The number of hydrogen-bond donors (Lipinski definition) is 1. The van der Waals surface area contributed by atoms with Crippen molar-refractivity contribution >= 4 is 21.6 Å². The molecule has 2 heterocycles. The van der Waals surface area contributed by atoms with Gasteiger partial charge in [0.05, 0.1) is 10.2 Å². The van der Waals surface area contributed by atoms with Gasteiger partial charge in [-0.1, -0.05) is 6.07 Å². The van der Waals surface area contributed by atoms with E-state index < -0.39 is 0 Å². The van der Waals surface area contributed by atoms with Crippen molar-refractivity contribution in [3.8, 4) is 10.6 Å². The molecule has 0 aliphatic carbocycles. The molecule has 3 nitrogen and oxygen atoms in total. The molecule has 0 atom stereocenters. The van der Waals surface area contributed by atoms with Crippen molar-refractivity contribution in [1.29, 1.82) is 0 Å². The smallest absolute Gasteiger partial charge is 0.126 e. The Morgan fingerprint density at radius 1 is 1.22 bits per heavy atom. The van der Waals surface area contributed by atoms with Crippen molar-refractivity contribution in [3.63, 3.8) is 0 Å². The number of pyridine rings is 1. The lowest BCUT2D eigenvalue weighted by Crippen LogP contribution is -2.02. The molecule has 2 aromatic heterocycles. The highest BCUT2D eigenvalue weighted by atomic mass is 32.1. The summed E-state index contributed by atoms with van der Waals surface area (Å²) in [5.74, 6) is 0. The first-order valence-electron chi connectivity index (χ1n) is 5.87. The number of nitrogens with two attached hydrogens (primary N) is 1. The summed E-state index contributed by atoms with van der Waals surface area (Å²) in [6, 6.07) is 10.3. The molecule has 0 saturated heterocycles. The molecule has 3 rings (SSSR count). The molecule has 1 aromatic carbocycles. The van der Waals surface area contributed by atoms with Gasteiger partial charge in [0.15, 0.2) is 0 Å². The van der Waals surface area contributed by atoms with Gasteiger partial charge in [-0.25, -0.2) is 4.98 Å². The number of rotatable bonds is 3. The molecule has 0 bridgehead atoms. The Morgan fingerprint density at radius 2 is 2.17 bits per heavy atom. The van der Waals surface area contributed by atoms with Gasteiger partial charge in [-0.3, -0.25) is 4.98 Å². The molecule has 0 saturated carbocycles. The van der Waals surface area contributed by atoms with E-state index in [0.717, 1.165) is 22.5 Å². The van der Waals surface area contributed by atoms with Gasteiger partial charge in [-0.05, 0) is 42.8 Å². The summed E-state index contributed by atoms with van der Waals surface area (Å²) in [7, 11) is 0. The van der Waals surface area contributed by atoms with Gasteiger partial charge in [0, 0.05) is 18.0 Å². The van der Waals surface area contributed by atoms with Crippen molar-refractivity contribution in [2.75, 3.05) is 6.54 Å². The van der Waals surface area contributed by atoms with Crippen molar-refractivity contribution in [1.82, 2.24) is 9.97 Å². The number of fused-ring (bicyclic) bond motifs is 1. The predicted octanol–water partition coefficient (Wildman–Crippen LogP) is 2.86. The predicted molar refractivity (Wildman–Crippen MR) is 75.6 cm³/mol. The van der Waals surface area contributed by atoms with Crippen LogP contribution in [-0.2, 0) is 6.42 Å². The fourth-order valence-corrected chi connectivity index (χ4v) is 2.84. The second-order valence-electron chi connectivity index (χ2n) is 4.10. The van der Waals surface area contributed by atoms with Crippen LogP contribution in [0.2, 0.25) is 0 Å². The molecule has 4 heteroatoms. The molecule has 0 aliphatic heterocycles. The minimum absolute atomic E-state index is 0.672. The first-order valence-corrected chi connectivity index (χ1v) is 6.68. The van der Waals surface area contributed by atoms with Crippen LogP contribution in [0.5, 0.6) is 0 Å². The number of aromatic nitrogens is 2. The van der Waals surface area contributed by atoms with Gasteiger partial charge in [0.25, 0.3) is 0 Å². The zero-order chi connectivity index (χ0) is 12.4. The number of nitrogens with zero attached hydrogens (tertiary/aromatic N) is 2. The van der Waals surface area contributed by atoms with Crippen molar-refractivity contribution in [2.24, 2.45) is 5.73 Å². The van der Waals surface area contributed by atoms with E-state index in [0.29, 0.717) is 6.54 Å². The Kier molecular flexibility index (Phi) is 3.04. The summed E-state index contributed by atoms with van der Waals surface area (Å²) in [4.78, 5) is 8.79. The molecule has 0 amide bonds. The van der Waals surface area contributed by atoms with Crippen LogP contribution in [0, 0.1) is 0 Å². The lowest BCUT2D eigenvalue weighted by Gasteiger charge is -1.96. The van der Waals surface area contributed by atoms with E-state index in [1.165, 1.54) is 10.3 Å². The first-order chi connectivity index (χ1) is 8.86. The standard InChI is InChI=1S/C14H13N3S/c15-6-5-10-3-4-13-12(8-10)17-14(18-13)11-2-1-7-16-9-11/h1-4,7-9H,5-6,15H2. The fraction of sp³-hybridized carbons (Fsp3) is 0.143. The summed E-state index contributed by atoms with van der Waals surface area (Å²) in [5.41, 5.74) is 8.93. The molecule has 2 N–H and O–H groups in total. The Hall–Kier alpha value is -1.78. The Bertz CT molecular complexity index is 661. The molecule has 90 valence electrons. The van der Waals surface area contributed by atoms with Crippen LogP contribution in [0.4, 0.5) is 0 Å². The maximum atomic E-state index is 5.57. The number of thiazole rings is 1. The molecule has 0 unspecified atom stereocenters. The Morgan fingerprint density at radius 3 is 2.94 bits per heavy atom. The molecule has 0 fully saturated rings. The summed E-state index contributed by atoms with van der Waals surface area (Å²) < 4.78 is 1.20. The molecule has 3 aromatic rings. The van der Waals surface area contributed by atoms with Gasteiger partial charge >= 0.3 is 0 Å². The third-order valence-corrected chi connectivity index (χ3v) is 3.88. The number of benzene rings is 1. The van der Waals surface area contributed by atoms with Crippen LogP contribution in [-0.4, -0.2) is 16.5 Å². The quantitative estimate of drug-likeness (QED) is 0.783. The normalized spacial score (nSPS) is 10.9. The molecular weight excluding hydrogens is 242 g/mol. The first kappa shape index (κ1) is 11.3. The summed E-state index contributed by atoms with van der Waals surface area (Å²) in [6.07, 6.45) is 4.52. The highest BCUT2D eigenvalue weighted by Crippen LogP contribution is 2.30. The van der Waals surface area contributed by atoms with Crippen molar-refractivity contribution < 1.29 is 0 Å². The summed E-state index contributed by atoms with van der Waals surface area (Å²) in [6.45, 7) is 0.672. The third-order valence-electron chi connectivity index (χ3n) is 2.79. The second-order valence-corrected chi connectivity index (χ2v) is 5.13. The Labute approximate surface area is 109 Å². The van der Waals surface area contributed by atoms with Crippen LogP contribution in [0.25, 0.3) is 20.8 Å². The molecule has 0 spiro atoms. The highest BCUT2D eigenvalue weighted by molar-refractivity contribution is 7.21. The van der Waals surface area contributed by atoms with Crippen LogP contribution >= 0.6 is 11.3 Å². The lowest BCUT2D eigenvalue weighted by molar-refractivity contribution is 0.970. The van der Waals surface area contributed by atoms with Crippen LogP contribution < -0.4 is 5.73 Å². The van der Waals surface area contributed by atoms with E-state index in [1.54, 1.807) is 17.5 Å². The van der Waals surface area contributed by atoms with Gasteiger partial charge in [0.2, 0.25) is 0 Å². The van der Waals surface area contributed by atoms with Crippen molar-refractivity contribution in [2.45, 2.75) is 6.42 Å². The second kappa shape index (κ2) is 4.84. The van der Waals surface area contributed by atoms with Gasteiger partial charge < -0.3 is 5.73 Å². The molecule has 0 aliphatic rings. The van der Waals surface area contributed by atoms with Crippen LogP contribution in [0.15, 0.2) is 42.7 Å². The van der Waals surface area contributed by atoms with E-state index in [-0.39, 0.29) is 0 Å². The maximum absolute atomic E-state index is 5.57.